The molecular weight excluding hydrogens is 440 g/mol. The maximum Gasteiger partial charge on any atom is 0.340 e. The number of benzene rings is 2. The monoisotopic (exact) mass is 468 g/mol. The Morgan fingerprint density at radius 1 is 0.970 bits per heavy atom. The standard InChI is InChI=1S/C26H29ClN2O4/c1-5-32-26(31)25-18(3)23(28-19(25)4)15-29(14-20-8-6-17(2)7-9-20)24(30)16-33-22-12-10-21(27)11-13-22/h6-13,28H,5,14-16H2,1-4H3. The van der Waals surface area contributed by atoms with Gasteiger partial charge in [-0.25, -0.2) is 4.79 Å². The van der Waals surface area contributed by atoms with Gasteiger partial charge in [-0.05, 0) is 63.1 Å². The quantitative estimate of drug-likeness (QED) is 0.428. The molecule has 33 heavy (non-hydrogen) atoms. The van der Waals surface area contributed by atoms with Gasteiger partial charge in [-0.2, -0.15) is 0 Å². The summed E-state index contributed by atoms with van der Waals surface area (Å²) in [5.74, 6) is 0.0341. The van der Waals surface area contributed by atoms with Crippen LogP contribution in [0.2, 0.25) is 5.02 Å². The molecule has 3 rings (SSSR count). The molecule has 174 valence electrons. The molecule has 3 aromatic rings. The number of esters is 1. The second-order valence-corrected chi connectivity index (χ2v) is 8.36. The van der Waals surface area contributed by atoms with Crippen molar-refractivity contribution >= 4 is 23.5 Å². The zero-order chi connectivity index (χ0) is 24.0. The highest BCUT2D eigenvalue weighted by molar-refractivity contribution is 6.30. The van der Waals surface area contributed by atoms with Crippen LogP contribution in [0.3, 0.4) is 0 Å². The molecule has 1 aromatic heterocycles. The van der Waals surface area contributed by atoms with Crippen molar-refractivity contribution in [2.24, 2.45) is 0 Å². The second-order valence-electron chi connectivity index (χ2n) is 7.93. The molecule has 1 amide bonds. The predicted octanol–water partition coefficient (Wildman–Crippen LogP) is 5.38. The first kappa shape index (κ1) is 24.4. The molecule has 7 heteroatoms. The lowest BCUT2D eigenvalue weighted by atomic mass is 10.1. The number of carbonyl (C=O) groups excluding carboxylic acids is 2. The Bertz CT molecular complexity index is 1100. The summed E-state index contributed by atoms with van der Waals surface area (Å²) in [6.45, 7) is 8.41. The Morgan fingerprint density at radius 2 is 1.64 bits per heavy atom. The molecule has 0 aliphatic carbocycles. The summed E-state index contributed by atoms with van der Waals surface area (Å²) >= 11 is 5.92. The summed E-state index contributed by atoms with van der Waals surface area (Å²) < 4.78 is 10.9. The van der Waals surface area contributed by atoms with Crippen LogP contribution >= 0.6 is 11.6 Å². The van der Waals surface area contributed by atoms with Gasteiger partial charge >= 0.3 is 5.97 Å². The fourth-order valence-electron chi connectivity index (χ4n) is 3.59. The van der Waals surface area contributed by atoms with E-state index in [1.807, 2.05) is 45.0 Å². The lowest BCUT2D eigenvalue weighted by Gasteiger charge is -2.23. The normalized spacial score (nSPS) is 10.7. The van der Waals surface area contributed by atoms with E-state index in [2.05, 4.69) is 4.98 Å². The number of hydrogen-bond acceptors (Lipinski definition) is 4. The largest absolute Gasteiger partial charge is 0.484 e. The summed E-state index contributed by atoms with van der Waals surface area (Å²) in [5, 5.41) is 0.602. The van der Waals surface area contributed by atoms with Crippen LogP contribution in [-0.2, 0) is 22.6 Å². The number of aromatic nitrogens is 1. The summed E-state index contributed by atoms with van der Waals surface area (Å²) in [6.07, 6.45) is 0. The van der Waals surface area contributed by atoms with Crippen LogP contribution in [0.5, 0.6) is 5.75 Å². The molecule has 0 spiro atoms. The molecule has 0 aliphatic rings. The maximum absolute atomic E-state index is 13.2. The summed E-state index contributed by atoms with van der Waals surface area (Å²) in [7, 11) is 0. The van der Waals surface area contributed by atoms with Crippen LogP contribution in [0.15, 0.2) is 48.5 Å². The fraction of sp³-hybridized carbons (Fsp3) is 0.308. The van der Waals surface area contributed by atoms with Gasteiger partial charge in [0.1, 0.15) is 5.75 Å². The van der Waals surface area contributed by atoms with E-state index in [-0.39, 0.29) is 18.5 Å². The molecule has 0 bridgehead atoms. The van der Waals surface area contributed by atoms with E-state index < -0.39 is 0 Å². The van der Waals surface area contributed by atoms with Gasteiger partial charge in [0, 0.05) is 23.0 Å². The molecule has 1 heterocycles. The van der Waals surface area contributed by atoms with Gasteiger partial charge < -0.3 is 19.4 Å². The van der Waals surface area contributed by atoms with Gasteiger partial charge in [-0.3, -0.25) is 4.79 Å². The molecule has 0 saturated carbocycles. The van der Waals surface area contributed by atoms with E-state index in [1.54, 1.807) is 36.1 Å². The molecule has 0 radical (unpaired) electrons. The lowest BCUT2D eigenvalue weighted by molar-refractivity contribution is -0.134. The van der Waals surface area contributed by atoms with Crippen LogP contribution in [0.25, 0.3) is 0 Å². The van der Waals surface area contributed by atoms with Crippen molar-refractivity contribution in [3.05, 3.63) is 87.2 Å². The average Bonchev–Trinajstić information content (AvgIpc) is 3.07. The first-order valence-corrected chi connectivity index (χ1v) is 11.2. The van der Waals surface area contributed by atoms with Crippen LogP contribution in [0, 0.1) is 20.8 Å². The van der Waals surface area contributed by atoms with Gasteiger partial charge in [0.05, 0.1) is 18.7 Å². The first-order valence-electron chi connectivity index (χ1n) is 10.8. The van der Waals surface area contributed by atoms with E-state index in [4.69, 9.17) is 21.1 Å². The van der Waals surface area contributed by atoms with Crippen molar-refractivity contribution in [2.45, 2.75) is 40.8 Å². The molecular formula is C26H29ClN2O4. The van der Waals surface area contributed by atoms with E-state index in [0.717, 1.165) is 28.1 Å². The molecule has 0 atom stereocenters. The van der Waals surface area contributed by atoms with Gasteiger partial charge in [-0.15, -0.1) is 0 Å². The number of carbonyl (C=O) groups is 2. The molecule has 2 aromatic carbocycles. The number of ether oxygens (including phenoxy) is 2. The van der Waals surface area contributed by atoms with Gasteiger partial charge in [0.25, 0.3) is 5.91 Å². The number of aromatic amines is 1. The molecule has 0 saturated heterocycles. The van der Waals surface area contributed by atoms with E-state index in [1.165, 1.54) is 0 Å². The Hall–Kier alpha value is -3.25. The van der Waals surface area contributed by atoms with E-state index in [9.17, 15) is 9.59 Å². The van der Waals surface area contributed by atoms with Crippen LogP contribution in [0.4, 0.5) is 0 Å². The van der Waals surface area contributed by atoms with E-state index in [0.29, 0.717) is 36.0 Å². The highest BCUT2D eigenvalue weighted by Crippen LogP contribution is 2.22. The maximum atomic E-state index is 13.2. The molecule has 0 unspecified atom stereocenters. The molecule has 6 nitrogen and oxygen atoms in total. The number of hydrogen-bond donors (Lipinski definition) is 1. The highest BCUT2D eigenvalue weighted by atomic mass is 35.5. The Morgan fingerprint density at radius 3 is 2.27 bits per heavy atom. The van der Waals surface area contributed by atoms with Crippen molar-refractivity contribution in [3.63, 3.8) is 0 Å². The van der Waals surface area contributed by atoms with Crippen molar-refractivity contribution < 1.29 is 19.1 Å². The van der Waals surface area contributed by atoms with Crippen LogP contribution in [0.1, 0.15) is 45.4 Å². The minimum atomic E-state index is -0.363. The number of nitrogens with zero attached hydrogens (tertiary/aromatic N) is 1. The third-order valence-corrected chi connectivity index (χ3v) is 5.64. The van der Waals surface area contributed by atoms with Crippen LogP contribution < -0.4 is 4.74 Å². The number of H-pyrrole nitrogens is 1. The summed E-state index contributed by atoms with van der Waals surface area (Å²) in [6, 6.07) is 14.9. The summed E-state index contributed by atoms with van der Waals surface area (Å²) in [5.41, 5.74) is 4.98. The zero-order valence-corrected chi connectivity index (χ0v) is 20.2. The molecule has 1 N–H and O–H groups in total. The lowest BCUT2D eigenvalue weighted by Crippen LogP contribution is -2.34. The predicted molar refractivity (Wildman–Crippen MR) is 129 cm³/mol. The SMILES string of the molecule is CCOC(=O)c1c(C)[nH]c(CN(Cc2ccc(C)cc2)C(=O)COc2ccc(Cl)cc2)c1C. The number of rotatable bonds is 9. The third kappa shape index (κ3) is 6.39. The average molecular weight is 469 g/mol. The van der Waals surface area contributed by atoms with Crippen LogP contribution in [-0.4, -0.2) is 35.0 Å². The topological polar surface area (TPSA) is 71.6 Å². The molecule has 0 aliphatic heterocycles. The highest BCUT2D eigenvalue weighted by Gasteiger charge is 2.23. The van der Waals surface area contributed by atoms with Crippen molar-refractivity contribution in [2.75, 3.05) is 13.2 Å². The second kappa shape index (κ2) is 11.1. The minimum Gasteiger partial charge on any atom is -0.484 e. The smallest absolute Gasteiger partial charge is 0.340 e. The number of aryl methyl sites for hydroxylation is 2. The Labute approximate surface area is 199 Å². The van der Waals surface area contributed by atoms with E-state index >= 15 is 0 Å². The van der Waals surface area contributed by atoms with Gasteiger partial charge in [0.15, 0.2) is 6.61 Å². The van der Waals surface area contributed by atoms with Crippen molar-refractivity contribution in [1.82, 2.24) is 9.88 Å². The number of nitrogens with one attached hydrogen (secondary N) is 1. The zero-order valence-electron chi connectivity index (χ0n) is 19.4. The fourth-order valence-corrected chi connectivity index (χ4v) is 3.71. The van der Waals surface area contributed by atoms with Crippen molar-refractivity contribution in [3.8, 4) is 5.75 Å². The molecule has 0 fully saturated rings. The number of halogens is 1. The van der Waals surface area contributed by atoms with Gasteiger partial charge in [0.2, 0.25) is 0 Å². The minimum absolute atomic E-state index is 0.114. The Balaban J connectivity index is 1.81. The number of amides is 1. The summed E-state index contributed by atoms with van der Waals surface area (Å²) in [4.78, 5) is 30.5. The Kier molecular flexibility index (Phi) is 8.17. The first-order chi connectivity index (χ1) is 15.8. The van der Waals surface area contributed by atoms with Gasteiger partial charge in [-0.1, -0.05) is 41.4 Å². The third-order valence-electron chi connectivity index (χ3n) is 5.39. The van der Waals surface area contributed by atoms with Crippen molar-refractivity contribution in [1.29, 1.82) is 0 Å².